The van der Waals surface area contributed by atoms with E-state index in [9.17, 15) is 13.2 Å². The van der Waals surface area contributed by atoms with Crippen molar-refractivity contribution in [3.8, 4) is 0 Å². The van der Waals surface area contributed by atoms with E-state index in [2.05, 4.69) is 5.32 Å². The molecule has 1 amide bonds. The first-order valence-corrected chi connectivity index (χ1v) is 10.8. The molecule has 0 aliphatic rings. The predicted octanol–water partition coefficient (Wildman–Crippen LogP) is 4.10. The van der Waals surface area contributed by atoms with Crippen LogP contribution in [0.5, 0.6) is 0 Å². The average Bonchev–Trinajstić information content (AvgIpc) is 2.61. The first-order chi connectivity index (χ1) is 12.2. The van der Waals surface area contributed by atoms with Gasteiger partial charge in [-0.1, -0.05) is 11.6 Å². The highest BCUT2D eigenvalue weighted by Crippen LogP contribution is 2.22. The van der Waals surface area contributed by atoms with Crippen molar-refractivity contribution in [1.82, 2.24) is 4.31 Å². The first-order valence-electron chi connectivity index (χ1n) is 7.96. The molecule has 2 rings (SSSR count). The molecule has 0 atom stereocenters. The molecule has 2 aromatic carbocycles. The van der Waals surface area contributed by atoms with Crippen molar-refractivity contribution in [3.63, 3.8) is 0 Å². The van der Waals surface area contributed by atoms with Gasteiger partial charge in [-0.15, -0.1) is 11.8 Å². The number of carbonyl (C=O) groups excluding carboxylic acids is 1. The maximum Gasteiger partial charge on any atom is 0.243 e. The number of carbonyl (C=O) groups is 1. The zero-order valence-corrected chi connectivity index (χ0v) is 17.2. The molecule has 0 fully saturated rings. The summed E-state index contributed by atoms with van der Waals surface area (Å²) in [7, 11) is -1.98. The van der Waals surface area contributed by atoms with Crippen LogP contribution >= 0.6 is 23.4 Å². The Hall–Kier alpha value is -1.54. The lowest BCUT2D eigenvalue weighted by Gasteiger charge is -2.21. The summed E-state index contributed by atoms with van der Waals surface area (Å²) >= 11 is 7.23. The van der Waals surface area contributed by atoms with Crippen molar-refractivity contribution < 1.29 is 13.2 Å². The van der Waals surface area contributed by atoms with E-state index in [1.807, 2.05) is 26.0 Å². The second kappa shape index (κ2) is 8.90. The van der Waals surface area contributed by atoms with Crippen LogP contribution in [-0.4, -0.2) is 37.5 Å². The summed E-state index contributed by atoms with van der Waals surface area (Å²) in [6, 6.07) is 13.3. The molecule has 140 valence electrons. The number of thioether (sulfide) groups is 1. The highest BCUT2D eigenvalue weighted by atomic mass is 35.5. The summed E-state index contributed by atoms with van der Waals surface area (Å²) in [6.07, 6.45) is 0. The third-order valence-electron chi connectivity index (χ3n) is 3.73. The number of hydrogen-bond acceptors (Lipinski definition) is 4. The molecule has 0 heterocycles. The second-order valence-electron chi connectivity index (χ2n) is 5.93. The number of nitrogens with one attached hydrogen (secondary N) is 1. The lowest BCUT2D eigenvalue weighted by Crippen LogP contribution is -2.33. The molecule has 0 radical (unpaired) electrons. The minimum absolute atomic E-state index is 0.135. The number of rotatable bonds is 7. The molecule has 0 unspecified atom stereocenters. The summed E-state index contributed by atoms with van der Waals surface area (Å²) in [5, 5.41) is 3.41. The molecule has 26 heavy (non-hydrogen) atoms. The molecule has 0 aliphatic carbocycles. The van der Waals surface area contributed by atoms with Gasteiger partial charge in [0.25, 0.3) is 0 Å². The summed E-state index contributed by atoms with van der Waals surface area (Å²) in [4.78, 5) is 13.2. The number of hydrogen-bond donors (Lipinski definition) is 1. The van der Waals surface area contributed by atoms with Gasteiger partial charge in [-0.05, 0) is 62.4 Å². The number of sulfonamides is 1. The molecule has 0 bridgehead atoms. The molecule has 0 aromatic heterocycles. The van der Waals surface area contributed by atoms with E-state index in [0.717, 1.165) is 4.90 Å². The van der Waals surface area contributed by atoms with Crippen molar-refractivity contribution in [2.45, 2.75) is 29.7 Å². The monoisotopic (exact) mass is 412 g/mol. The van der Waals surface area contributed by atoms with Crippen LogP contribution in [-0.2, 0) is 14.8 Å². The van der Waals surface area contributed by atoms with Gasteiger partial charge in [0, 0.05) is 28.7 Å². The fourth-order valence-electron chi connectivity index (χ4n) is 2.03. The van der Waals surface area contributed by atoms with Crippen molar-refractivity contribution in [2.24, 2.45) is 0 Å². The largest absolute Gasteiger partial charge is 0.325 e. The van der Waals surface area contributed by atoms with Gasteiger partial charge in [-0.3, -0.25) is 4.79 Å². The summed E-state index contributed by atoms with van der Waals surface area (Å²) < 4.78 is 26.1. The molecule has 0 saturated carbocycles. The van der Waals surface area contributed by atoms with Gasteiger partial charge >= 0.3 is 0 Å². The number of halogens is 1. The van der Waals surface area contributed by atoms with Gasteiger partial charge < -0.3 is 5.32 Å². The SMILES string of the molecule is CC(C)N(C)S(=O)(=O)c1ccc(NC(=O)CSc2ccc(Cl)cc2)cc1. The molecular weight excluding hydrogens is 392 g/mol. The number of benzene rings is 2. The minimum atomic E-state index is -3.53. The summed E-state index contributed by atoms with van der Waals surface area (Å²) in [5.74, 6) is 0.0810. The Morgan fingerprint density at radius 2 is 1.69 bits per heavy atom. The Balaban J connectivity index is 1.96. The zero-order chi connectivity index (χ0) is 19.3. The maximum atomic E-state index is 12.4. The van der Waals surface area contributed by atoms with Crippen LogP contribution in [0.1, 0.15) is 13.8 Å². The van der Waals surface area contributed by atoms with Crippen LogP contribution in [0.15, 0.2) is 58.3 Å². The van der Waals surface area contributed by atoms with E-state index < -0.39 is 10.0 Å². The van der Waals surface area contributed by atoms with E-state index in [1.54, 1.807) is 31.3 Å². The Labute approximate surface area is 163 Å². The fourth-order valence-corrected chi connectivity index (χ4v) is 4.22. The van der Waals surface area contributed by atoms with E-state index in [1.165, 1.54) is 28.2 Å². The van der Waals surface area contributed by atoms with Gasteiger partial charge in [0.15, 0.2) is 0 Å². The third-order valence-corrected chi connectivity index (χ3v) is 7.04. The van der Waals surface area contributed by atoms with Gasteiger partial charge in [-0.2, -0.15) is 4.31 Å². The Morgan fingerprint density at radius 3 is 2.23 bits per heavy atom. The van der Waals surface area contributed by atoms with Crippen molar-refractivity contribution in [3.05, 3.63) is 53.6 Å². The van der Waals surface area contributed by atoms with Crippen molar-refractivity contribution in [1.29, 1.82) is 0 Å². The van der Waals surface area contributed by atoms with Crippen LogP contribution in [0.3, 0.4) is 0 Å². The van der Waals surface area contributed by atoms with Gasteiger partial charge in [0.2, 0.25) is 15.9 Å². The van der Waals surface area contributed by atoms with E-state index >= 15 is 0 Å². The normalized spacial score (nSPS) is 11.8. The highest BCUT2D eigenvalue weighted by molar-refractivity contribution is 8.00. The van der Waals surface area contributed by atoms with Crippen LogP contribution in [0.4, 0.5) is 5.69 Å². The molecule has 8 heteroatoms. The Morgan fingerprint density at radius 1 is 1.12 bits per heavy atom. The van der Waals surface area contributed by atoms with Crippen LogP contribution in [0.25, 0.3) is 0 Å². The topological polar surface area (TPSA) is 66.5 Å². The average molecular weight is 413 g/mol. The number of nitrogens with zero attached hydrogens (tertiary/aromatic N) is 1. The molecule has 5 nitrogen and oxygen atoms in total. The van der Waals surface area contributed by atoms with E-state index in [0.29, 0.717) is 10.7 Å². The smallest absolute Gasteiger partial charge is 0.243 e. The highest BCUT2D eigenvalue weighted by Gasteiger charge is 2.22. The van der Waals surface area contributed by atoms with Gasteiger partial charge in [0.05, 0.1) is 10.6 Å². The molecule has 0 spiro atoms. The molecule has 2 aromatic rings. The van der Waals surface area contributed by atoms with Gasteiger partial charge in [-0.25, -0.2) is 8.42 Å². The Kier molecular flexibility index (Phi) is 7.11. The third kappa shape index (κ3) is 5.48. The number of anilines is 1. The van der Waals surface area contributed by atoms with Crippen molar-refractivity contribution in [2.75, 3.05) is 18.1 Å². The number of amides is 1. The van der Waals surface area contributed by atoms with Crippen molar-refractivity contribution >= 4 is 45.0 Å². The molecule has 0 aliphatic heterocycles. The molecule has 0 saturated heterocycles. The van der Waals surface area contributed by atoms with E-state index in [4.69, 9.17) is 11.6 Å². The molecular formula is C18H21ClN2O3S2. The quantitative estimate of drug-likeness (QED) is 0.695. The summed E-state index contributed by atoms with van der Waals surface area (Å²) in [6.45, 7) is 3.62. The van der Waals surface area contributed by atoms with E-state index in [-0.39, 0.29) is 22.6 Å². The zero-order valence-electron chi connectivity index (χ0n) is 14.8. The lowest BCUT2D eigenvalue weighted by molar-refractivity contribution is -0.113. The Bertz CT molecular complexity index is 851. The standard InChI is InChI=1S/C18H21ClN2O3S2/c1-13(2)21(3)26(23,24)17-10-6-15(7-11-17)20-18(22)12-25-16-8-4-14(19)5-9-16/h4-11,13H,12H2,1-3H3,(H,20,22). The minimum Gasteiger partial charge on any atom is -0.325 e. The van der Waals surface area contributed by atoms with Crippen LogP contribution in [0.2, 0.25) is 5.02 Å². The molecule has 1 N–H and O–H groups in total. The fraction of sp³-hybridized carbons (Fsp3) is 0.278. The maximum absolute atomic E-state index is 12.4. The summed E-state index contributed by atoms with van der Waals surface area (Å²) in [5.41, 5.74) is 0.554. The second-order valence-corrected chi connectivity index (χ2v) is 9.41. The van der Waals surface area contributed by atoms with Crippen LogP contribution in [0, 0.1) is 0 Å². The van der Waals surface area contributed by atoms with Crippen LogP contribution < -0.4 is 5.32 Å². The first kappa shape index (κ1) is 20.8. The van der Waals surface area contributed by atoms with Gasteiger partial charge in [0.1, 0.15) is 0 Å². The predicted molar refractivity (Wildman–Crippen MR) is 107 cm³/mol. The lowest BCUT2D eigenvalue weighted by atomic mass is 10.3.